The first-order chi connectivity index (χ1) is 9.28. The predicted octanol–water partition coefficient (Wildman–Crippen LogP) is 1.05. The van der Waals surface area contributed by atoms with E-state index in [-0.39, 0.29) is 11.9 Å². The molecule has 4 nitrogen and oxygen atoms in total. The summed E-state index contributed by atoms with van der Waals surface area (Å²) in [6, 6.07) is 8.95. The second-order valence-electron chi connectivity index (χ2n) is 5.51. The molecule has 1 aromatic rings. The van der Waals surface area contributed by atoms with Crippen molar-refractivity contribution in [3.8, 4) is 0 Å². The van der Waals surface area contributed by atoms with Gasteiger partial charge in [0.15, 0.2) is 0 Å². The Morgan fingerprint density at radius 2 is 2.21 bits per heavy atom. The van der Waals surface area contributed by atoms with Crippen LogP contribution in [0.15, 0.2) is 24.3 Å². The number of carbonyl (C=O) groups is 1. The van der Waals surface area contributed by atoms with Crippen molar-refractivity contribution in [3.63, 3.8) is 0 Å². The molecule has 1 aromatic carbocycles. The van der Waals surface area contributed by atoms with Gasteiger partial charge in [0.1, 0.15) is 0 Å². The van der Waals surface area contributed by atoms with E-state index in [1.165, 1.54) is 11.3 Å². The van der Waals surface area contributed by atoms with Crippen LogP contribution < -0.4 is 16.0 Å². The lowest BCUT2D eigenvalue weighted by Gasteiger charge is -2.29. The van der Waals surface area contributed by atoms with E-state index in [9.17, 15) is 4.79 Å². The Morgan fingerprint density at radius 3 is 2.95 bits per heavy atom. The van der Waals surface area contributed by atoms with Crippen molar-refractivity contribution in [2.24, 2.45) is 5.73 Å². The fourth-order valence-electron chi connectivity index (χ4n) is 2.79. The molecule has 1 heterocycles. The molecule has 0 spiro atoms. The smallest absolute Gasteiger partial charge is 0.222 e. The fraction of sp³-hybridized carbons (Fsp3) is 0.533. The maximum absolute atomic E-state index is 11.9. The van der Waals surface area contributed by atoms with Crippen LogP contribution in [0.5, 0.6) is 0 Å². The Morgan fingerprint density at radius 1 is 1.42 bits per heavy atom. The highest BCUT2D eigenvalue weighted by Crippen LogP contribution is 2.30. The largest absolute Gasteiger partial charge is 0.366 e. The minimum absolute atomic E-state index is 0.113. The Bertz CT molecular complexity index is 470. The molecule has 3 rings (SSSR count). The van der Waals surface area contributed by atoms with Gasteiger partial charge in [0.2, 0.25) is 5.91 Å². The van der Waals surface area contributed by atoms with Crippen molar-refractivity contribution in [2.45, 2.75) is 37.8 Å². The zero-order valence-electron chi connectivity index (χ0n) is 11.1. The van der Waals surface area contributed by atoms with Gasteiger partial charge in [0.25, 0.3) is 0 Å². The summed E-state index contributed by atoms with van der Waals surface area (Å²) in [5.74, 6) is 0.141. The Labute approximate surface area is 114 Å². The van der Waals surface area contributed by atoms with Crippen LogP contribution in [0.3, 0.4) is 0 Å². The van der Waals surface area contributed by atoms with Crippen LogP contribution in [-0.4, -0.2) is 31.1 Å². The monoisotopic (exact) mass is 259 g/mol. The van der Waals surface area contributed by atoms with Gasteiger partial charge in [-0.1, -0.05) is 18.2 Å². The second kappa shape index (κ2) is 5.21. The summed E-state index contributed by atoms with van der Waals surface area (Å²) in [4.78, 5) is 14.2. The first-order valence-electron chi connectivity index (χ1n) is 7.12. The number of carbonyl (C=O) groups excluding carboxylic acids is 1. The zero-order valence-corrected chi connectivity index (χ0v) is 11.1. The molecule has 19 heavy (non-hydrogen) atoms. The number of amides is 1. The van der Waals surface area contributed by atoms with Crippen molar-refractivity contribution in [2.75, 3.05) is 18.0 Å². The maximum Gasteiger partial charge on any atom is 0.222 e. The number of fused-ring (bicyclic) bond motifs is 1. The summed E-state index contributed by atoms with van der Waals surface area (Å²) in [7, 11) is 0. The minimum atomic E-state index is 0.113. The molecule has 1 unspecified atom stereocenters. The summed E-state index contributed by atoms with van der Waals surface area (Å²) in [5.41, 5.74) is 8.49. The molecular formula is C15H21N3O. The first kappa shape index (κ1) is 12.5. The van der Waals surface area contributed by atoms with Gasteiger partial charge in [-0.3, -0.25) is 4.79 Å². The SMILES string of the molecule is NCC(CC(=O)NC1CC1)N1CCc2ccccc21. The number of nitrogens with two attached hydrogens (primary N) is 1. The maximum atomic E-state index is 11.9. The van der Waals surface area contributed by atoms with Gasteiger partial charge in [-0.2, -0.15) is 0 Å². The number of anilines is 1. The van der Waals surface area contributed by atoms with Gasteiger partial charge in [-0.05, 0) is 30.9 Å². The van der Waals surface area contributed by atoms with E-state index < -0.39 is 0 Å². The quantitative estimate of drug-likeness (QED) is 0.831. The van der Waals surface area contributed by atoms with E-state index in [1.807, 2.05) is 0 Å². The first-order valence-corrected chi connectivity index (χ1v) is 7.12. The number of para-hydroxylation sites is 1. The summed E-state index contributed by atoms with van der Waals surface area (Å²) in [5, 5.41) is 3.04. The van der Waals surface area contributed by atoms with Crippen molar-refractivity contribution >= 4 is 11.6 Å². The fourth-order valence-corrected chi connectivity index (χ4v) is 2.79. The van der Waals surface area contributed by atoms with Crippen LogP contribution in [-0.2, 0) is 11.2 Å². The highest BCUT2D eigenvalue weighted by molar-refractivity contribution is 5.78. The van der Waals surface area contributed by atoms with E-state index in [1.54, 1.807) is 0 Å². The molecule has 1 aliphatic carbocycles. The molecule has 1 saturated carbocycles. The Kier molecular flexibility index (Phi) is 3.42. The Balaban J connectivity index is 1.67. The average molecular weight is 259 g/mol. The van der Waals surface area contributed by atoms with Gasteiger partial charge in [-0.25, -0.2) is 0 Å². The van der Waals surface area contributed by atoms with E-state index in [0.717, 1.165) is 25.8 Å². The number of nitrogens with zero attached hydrogens (tertiary/aromatic N) is 1. The number of hydrogen-bond donors (Lipinski definition) is 2. The van der Waals surface area contributed by atoms with Gasteiger partial charge >= 0.3 is 0 Å². The average Bonchev–Trinajstić information content (AvgIpc) is 3.13. The molecule has 1 atom stereocenters. The van der Waals surface area contributed by atoms with Gasteiger partial charge in [0.05, 0.1) is 0 Å². The molecule has 0 aromatic heterocycles. The third-order valence-electron chi connectivity index (χ3n) is 4.00. The van der Waals surface area contributed by atoms with Crippen LogP contribution in [0.2, 0.25) is 0 Å². The van der Waals surface area contributed by atoms with Crippen LogP contribution in [0.4, 0.5) is 5.69 Å². The molecular weight excluding hydrogens is 238 g/mol. The standard InChI is InChI=1S/C15H21N3O/c16-10-13(9-15(19)17-12-5-6-12)18-8-7-11-3-1-2-4-14(11)18/h1-4,12-13H,5-10,16H2,(H,17,19). The predicted molar refractivity (Wildman–Crippen MR) is 76.1 cm³/mol. The summed E-state index contributed by atoms with van der Waals surface area (Å²) in [6.07, 6.45) is 3.81. The van der Waals surface area contributed by atoms with Crippen LogP contribution in [0.25, 0.3) is 0 Å². The normalized spacial score (nSPS) is 19.1. The molecule has 2 aliphatic rings. The molecule has 1 amide bonds. The molecule has 1 aliphatic heterocycles. The molecule has 102 valence electrons. The number of nitrogens with one attached hydrogen (secondary N) is 1. The van der Waals surface area contributed by atoms with Crippen molar-refractivity contribution < 1.29 is 4.79 Å². The van der Waals surface area contributed by atoms with E-state index in [4.69, 9.17) is 5.73 Å². The lowest BCUT2D eigenvalue weighted by atomic mass is 10.1. The van der Waals surface area contributed by atoms with Crippen LogP contribution in [0, 0.1) is 0 Å². The Hall–Kier alpha value is -1.55. The molecule has 0 saturated heterocycles. The van der Waals surface area contributed by atoms with Gasteiger partial charge in [0, 0.05) is 37.3 Å². The van der Waals surface area contributed by atoms with Crippen LogP contribution >= 0.6 is 0 Å². The van der Waals surface area contributed by atoms with E-state index >= 15 is 0 Å². The lowest BCUT2D eigenvalue weighted by Crippen LogP contribution is -2.43. The van der Waals surface area contributed by atoms with Crippen LogP contribution in [0.1, 0.15) is 24.8 Å². The molecule has 1 fully saturated rings. The summed E-state index contributed by atoms with van der Waals surface area (Å²) >= 11 is 0. The zero-order chi connectivity index (χ0) is 13.2. The molecule has 3 N–H and O–H groups in total. The summed E-state index contributed by atoms with van der Waals surface area (Å²) < 4.78 is 0. The van der Waals surface area contributed by atoms with Gasteiger partial charge < -0.3 is 16.0 Å². The van der Waals surface area contributed by atoms with E-state index in [2.05, 4.69) is 34.5 Å². The van der Waals surface area contributed by atoms with Crippen molar-refractivity contribution in [3.05, 3.63) is 29.8 Å². The lowest BCUT2D eigenvalue weighted by molar-refractivity contribution is -0.121. The highest BCUT2D eigenvalue weighted by Gasteiger charge is 2.29. The third kappa shape index (κ3) is 2.73. The molecule has 0 bridgehead atoms. The number of benzene rings is 1. The molecule has 0 radical (unpaired) electrons. The number of rotatable bonds is 5. The third-order valence-corrected chi connectivity index (χ3v) is 4.00. The highest BCUT2D eigenvalue weighted by atomic mass is 16.1. The van der Waals surface area contributed by atoms with Crippen molar-refractivity contribution in [1.82, 2.24) is 5.32 Å². The van der Waals surface area contributed by atoms with E-state index in [0.29, 0.717) is 19.0 Å². The summed E-state index contributed by atoms with van der Waals surface area (Å²) in [6.45, 7) is 1.49. The molecule has 4 heteroatoms. The topological polar surface area (TPSA) is 58.4 Å². The van der Waals surface area contributed by atoms with Gasteiger partial charge in [-0.15, -0.1) is 0 Å². The van der Waals surface area contributed by atoms with Crippen molar-refractivity contribution in [1.29, 1.82) is 0 Å². The number of hydrogen-bond acceptors (Lipinski definition) is 3. The second-order valence-corrected chi connectivity index (χ2v) is 5.51. The minimum Gasteiger partial charge on any atom is -0.366 e.